The lowest BCUT2D eigenvalue weighted by molar-refractivity contribution is -0.116. The number of amides is 1. The first-order valence-electron chi connectivity index (χ1n) is 7.61. The van der Waals surface area contributed by atoms with Crippen molar-refractivity contribution in [1.82, 2.24) is 4.90 Å². The van der Waals surface area contributed by atoms with Crippen molar-refractivity contribution in [3.8, 4) is 5.75 Å². The fraction of sp³-hybridized carbons (Fsp3) is 0.562. The molecule has 0 saturated carbocycles. The van der Waals surface area contributed by atoms with Gasteiger partial charge in [0.2, 0.25) is 5.91 Å². The lowest BCUT2D eigenvalue weighted by Crippen LogP contribution is -2.39. The molecule has 0 radical (unpaired) electrons. The summed E-state index contributed by atoms with van der Waals surface area (Å²) in [6.45, 7) is 4.79. The Morgan fingerprint density at radius 2 is 2.29 bits per heavy atom. The second-order valence-corrected chi connectivity index (χ2v) is 5.32. The molecule has 2 rings (SSSR count). The number of nitrogens with zero attached hydrogens (tertiary/aromatic N) is 1. The summed E-state index contributed by atoms with van der Waals surface area (Å²) in [5.41, 5.74) is 0.711. The summed E-state index contributed by atoms with van der Waals surface area (Å²) >= 11 is 0. The van der Waals surface area contributed by atoms with E-state index in [1.807, 2.05) is 31.2 Å². The van der Waals surface area contributed by atoms with E-state index in [0.29, 0.717) is 37.6 Å². The van der Waals surface area contributed by atoms with Gasteiger partial charge in [-0.3, -0.25) is 4.79 Å². The fourth-order valence-electron chi connectivity index (χ4n) is 2.56. The number of rotatable bonds is 6. The van der Waals surface area contributed by atoms with Crippen LogP contribution >= 0.6 is 0 Å². The number of aliphatic hydroxyl groups excluding tert-OH is 1. The van der Waals surface area contributed by atoms with Gasteiger partial charge < -0.3 is 20.1 Å². The summed E-state index contributed by atoms with van der Waals surface area (Å²) in [4.78, 5) is 14.2. The molecule has 1 atom stereocenters. The third-order valence-corrected chi connectivity index (χ3v) is 3.60. The summed E-state index contributed by atoms with van der Waals surface area (Å²) in [7, 11) is 0. The van der Waals surface area contributed by atoms with Crippen molar-refractivity contribution in [2.24, 2.45) is 0 Å². The Morgan fingerprint density at radius 1 is 1.48 bits per heavy atom. The minimum Gasteiger partial charge on any atom is -0.492 e. The Labute approximate surface area is 125 Å². The number of nitrogens with one attached hydrogen (secondary N) is 1. The number of para-hydroxylation sites is 2. The first-order valence-corrected chi connectivity index (χ1v) is 7.61. The molecule has 0 aromatic heterocycles. The molecule has 1 aromatic rings. The van der Waals surface area contributed by atoms with Crippen molar-refractivity contribution in [1.29, 1.82) is 0 Å². The van der Waals surface area contributed by atoms with E-state index in [1.54, 1.807) is 0 Å². The molecule has 1 fully saturated rings. The number of β-amino-alcohol motifs (C(OH)–C–C–N with tert-alkyl or cyclic N) is 1. The molecule has 5 heteroatoms. The minimum absolute atomic E-state index is 0.0257. The average Bonchev–Trinajstić information content (AvgIpc) is 2.48. The monoisotopic (exact) mass is 292 g/mol. The van der Waals surface area contributed by atoms with E-state index in [9.17, 15) is 9.90 Å². The predicted octanol–water partition coefficient (Wildman–Crippen LogP) is 1.87. The number of benzene rings is 1. The van der Waals surface area contributed by atoms with Gasteiger partial charge in [0.25, 0.3) is 0 Å². The van der Waals surface area contributed by atoms with Crippen molar-refractivity contribution in [2.75, 3.05) is 31.6 Å². The van der Waals surface area contributed by atoms with E-state index in [2.05, 4.69) is 10.2 Å². The highest BCUT2D eigenvalue weighted by Gasteiger charge is 2.18. The van der Waals surface area contributed by atoms with Gasteiger partial charge in [-0.25, -0.2) is 0 Å². The van der Waals surface area contributed by atoms with E-state index in [4.69, 9.17) is 4.74 Å². The molecule has 0 bridgehead atoms. The van der Waals surface area contributed by atoms with E-state index in [1.165, 1.54) is 0 Å². The molecule has 21 heavy (non-hydrogen) atoms. The number of carbonyl (C=O) groups is 1. The second kappa shape index (κ2) is 8.00. The van der Waals surface area contributed by atoms with Crippen molar-refractivity contribution in [3.05, 3.63) is 24.3 Å². The third-order valence-electron chi connectivity index (χ3n) is 3.60. The van der Waals surface area contributed by atoms with Crippen LogP contribution in [0.3, 0.4) is 0 Å². The molecular formula is C16H24N2O3. The Bertz CT molecular complexity index is 465. The Hall–Kier alpha value is -1.59. The van der Waals surface area contributed by atoms with Crippen LogP contribution in [0.1, 0.15) is 26.2 Å². The maximum absolute atomic E-state index is 12.0. The van der Waals surface area contributed by atoms with Gasteiger partial charge in [0.1, 0.15) is 5.75 Å². The van der Waals surface area contributed by atoms with Crippen LogP contribution < -0.4 is 10.1 Å². The van der Waals surface area contributed by atoms with E-state index >= 15 is 0 Å². The van der Waals surface area contributed by atoms with E-state index in [-0.39, 0.29) is 12.0 Å². The average molecular weight is 292 g/mol. The molecule has 1 amide bonds. The largest absolute Gasteiger partial charge is 0.492 e. The van der Waals surface area contributed by atoms with Crippen LogP contribution in [0.5, 0.6) is 5.75 Å². The molecule has 116 valence electrons. The molecule has 1 saturated heterocycles. The number of hydrogen-bond donors (Lipinski definition) is 2. The van der Waals surface area contributed by atoms with Crippen LogP contribution in [0.25, 0.3) is 0 Å². The lowest BCUT2D eigenvalue weighted by Gasteiger charge is -2.29. The number of likely N-dealkylation sites (tertiary alicyclic amines) is 1. The van der Waals surface area contributed by atoms with Crippen LogP contribution in [0, 0.1) is 0 Å². The maximum atomic E-state index is 12.0. The molecule has 1 unspecified atom stereocenters. The number of ether oxygens (including phenoxy) is 1. The van der Waals surface area contributed by atoms with Crippen LogP contribution in [-0.2, 0) is 4.79 Å². The summed E-state index contributed by atoms with van der Waals surface area (Å²) in [5, 5.41) is 12.5. The van der Waals surface area contributed by atoms with Crippen LogP contribution in [0.2, 0.25) is 0 Å². The molecule has 0 spiro atoms. The molecular weight excluding hydrogens is 268 g/mol. The topological polar surface area (TPSA) is 61.8 Å². The summed E-state index contributed by atoms with van der Waals surface area (Å²) in [6.07, 6.45) is 2.04. The summed E-state index contributed by atoms with van der Waals surface area (Å²) < 4.78 is 5.49. The lowest BCUT2D eigenvalue weighted by atomic mass is 10.1. The van der Waals surface area contributed by atoms with Crippen molar-refractivity contribution >= 4 is 11.6 Å². The van der Waals surface area contributed by atoms with Crippen LogP contribution in [0.4, 0.5) is 5.69 Å². The standard InChI is InChI=1S/C16H24N2O3/c1-2-21-15-8-4-3-7-14(15)17-16(20)9-11-18-10-5-6-13(19)12-18/h3-4,7-8,13,19H,2,5-6,9-12H2,1H3,(H,17,20). The zero-order valence-electron chi connectivity index (χ0n) is 12.5. The van der Waals surface area contributed by atoms with Gasteiger partial charge in [0.15, 0.2) is 0 Å². The SMILES string of the molecule is CCOc1ccccc1NC(=O)CCN1CCCC(O)C1. The smallest absolute Gasteiger partial charge is 0.225 e. The van der Waals surface area contributed by atoms with E-state index < -0.39 is 0 Å². The van der Waals surface area contributed by atoms with Crippen molar-refractivity contribution in [3.63, 3.8) is 0 Å². The molecule has 0 aliphatic carbocycles. The Morgan fingerprint density at radius 3 is 3.05 bits per heavy atom. The molecule has 2 N–H and O–H groups in total. The van der Waals surface area contributed by atoms with Gasteiger partial charge in [-0.05, 0) is 38.4 Å². The number of hydrogen-bond acceptors (Lipinski definition) is 4. The minimum atomic E-state index is -0.250. The molecule has 1 aliphatic heterocycles. The Balaban J connectivity index is 1.81. The summed E-state index contributed by atoms with van der Waals surface area (Å²) in [6, 6.07) is 7.45. The van der Waals surface area contributed by atoms with Crippen molar-refractivity contribution in [2.45, 2.75) is 32.3 Å². The summed E-state index contributed by atoms with van der Waals surface area (Å²) in [5.74, 6) is 0.670. The predicted molar refractivity (Wildman–Crippen MR) is 82.5 cm³/mol. The zero-order chi connectivity index (χ0) is 15.1. The molecule has 1 heterocycles. The first kappa shape index (κ1) is 15.8. The van der Waals surface area contributed by atoms with Gasteiger partial charge in [0, 0.05) is 19.5 Å². The number of aliphatic hydroxyl groups is 1. The van der Waals surface area contributed by atoms with Gasteiger partial charge in [-0.2, -0.15) is 0 Å². The normalized spacial score (nSPS) is 19.2. The highest BCUT2D eigenvalue weighted by atomic mass is 16.5. The van der Waals surface area contributed by atoms with Gasteiger partial charge in [-0.15, -0.1) is 0 Å². The number of anilines is 1. The molecule has 5 nitrogen and oxygen atoms in total. The quantitative estimate of drug-likeness (QED) is 0.840. The van der Waals surface area contributed by atoms with E-state index in [0.717, 1.165) is 19.4 Å². The highest BCUT2D eigenvalue weighted by Crippen LogP contribution is 2.23. The molecule has 1 aromatic carbocycles. The fourth-order valence-corrected chi connectivity index (χ4v) is 2.56. The third kappa shape index (κ3) is 5.02. The Kier molecular flexibility index (Phi) is 6.02. The molecule has 1 aliphatic rings. The number of carbonyl (C=O) groups excluding carboxylic acids is 1. The van der Waals surface area contributed by atoms with Crippen LogP contribution in [0.15, 0.2) is 24.3 Å². The van der Waals surface area contributed by atoms with Gasteiger partial charge in [-0.1, -0.05) is 12.1 Å². The maximum Gasteiger partial charge on any atom is 0.225 e. The van der Waals surface area contributed by atoms with Crippen LogP contribution in [-0.4, -0.2) is 48.3 Å². The zero-order valence-corrected chi connectivity index (χ0v) is 12.5. The van der Waals surface area contributed by atoms with Crippen molar-refractivity contribution < 1.29 is 14.6 Å². The first-order chi connectivity index (χ1) is 10.2. The van der Waals surface area contributed by atoms with Gasteiger partial charge in [0.05, 0.1) is 18.4 Å². The highest BCUT2D eigenvalue weighted by molar-refractivity contribution is 5.92. The number of piperidine rings is 1. The second-order valence-electron chi connectivity index (χ2n) is 5.32. The van der Waals surface area contributed by atoms with Gasteiger partial charge >= 0.3 is 0 Å².